The zero-order valence-corrected chi connectivity index (χ0v) is 17.0. The molecule has 0 aliphatic carbocycles. The number of nitrogens with zero attached hydrogens (tertiary/aromatic N) is 6. The molecule has 31 heavy (non-hydrogen) atoms. The highest BCUT2D eigenvalue weighted by atomic mass is 19.1. The van der Waals surface area contributed by atoms with Gasteiger partial charge in [-0.1, -0.05) is 18.2 Å². The molecule has 2 atom stereocenters. The highest BCUT2D eigenvalue weighted by molar-refractivity contribution is 5.92. The molecule has 7 nitrogen and oxygen atoms in total. The van der Waals surface area contributed by atoms with E-state index in [-0.39, 0.29) is 23.8 Å². The molecule has 8 heteroatoms. The maximum absolute atomic E-state index is 14.0. The van der Waals surface area contributed by atoms with Gasteiger partial charge in [0.2, 0.25) is 0 Å². The molecule has 1 aliphatic heterocycles. The van der Waals surface area contributed by atoms with Gasteiger partial charge in [-0.3, -0.25) is 9.78 Å². The first-order valence-electron chi connectivity index (χ1n) is 10.1. The second-order valence-corrected chi connectivity index (χ2v) is 7.67. The Labute approximate surface area is 178 Å². The highest BCUT2D eigenvalue weighted by Gasteiger charge is 2.38. The van der Waals surface area contributed by atoms with Gasteiger partial charge in [0.05, 0.1) is 12.1 Å². The maximum Gasteiger partial charge on any atom is 0.272 e. The summed E-state index contributed by atoms with van der Waals surface area (Å²) in [5, 5.41) is 4.68. The third-order valence-corrected chi connectivity index (χ3v) is 5.80. The van der Waals surface area contributed by atoms with Gasteiger partial charge in [0.15, 0.2) is 5.65 Å². The van der Waals surface area contributed by atoms with Crippen LogP contribution >= 0.6 is 0 Å². The van der Waals surface area contributed by atoms with E-state index in [9.17, 15) is 9.18 Å². The highest BCUT2D eigenvalue weighted by Crippen LogP contribution is 2.37. The number of benzene rings is 1. The van der Waals surface area contributed by atoms with E-state index in [1.165, 1.54) is 6.07 Å². The number of rotatable bonds is 4. The van der Waals surface area contributed by atoms with Crippen LogP contribution in [-0.2, 0) is 0 Å². The molecule has 0 spiro atoms. The lowest BCUT2D eigenvalue weighted by Crippen LogP contribution is -2.39. The number of anilines is 1. The maximum atomic E-state index is 14.0. The van der Waals surface area contributed by atoms with Crippen LogP contribution in [0.2, 0.25) is 0 Å². The van der Waals surface area contributed by atoms with Crippen LogP contribution in [0.4, 0.5) is 10.2 Å². The average Bonchev–Trinajstić information content (AvgIpc) is 3.45. The number of carbonyl (C=O) groups excluding carboxylic acids is 1. The van der Waals surface area contributed by atoms with E-state index in [0.717, 1.165) is 17.0 Å². The van der Waals surface area contributed by atoms with Crippen LogP contribution in [0.1, 0.15) is 28.5 Å². The van der Waals surface area contributed by atoms with Gasteiger partial charge in [-0.2, -0.15) is 0 Å². The van der Waals surface area contributed by atoms with Crippen molar-refractivity contribution in [1.29, 1.82) is 0 Å². The lowest BCUT2D eigenvalue weighted by atomic mass is 10.0. The third kappa shape index (κ3) is 3.61. The Hall–Kier alpha value is -3.81. The van der Waals surface area contributed by atoms with E-state index in [1.54, 1.807) is 65.4 Å². The SMILES string of the molecule is CN(C(=O)c1ccccn1)C1C[C@H](c2cccc(F)c2)N(c2ccc3nccn3n2)C1. The van der Waals surface area contributed by atoms with Gasteiger partial charge in [-0.15, -0.1) is 5.10 Å². The molecule has 0 bridgehead atoms. The van der Waals surface area contributed by atoms with Crippen molar-refractivity contribution in [3.8, 4) is 0 Å². The van der Waals surface area contributed by atoms with Crippen molar-refractivity contribution in [3.63, 3.8) is 0 Å². The predicted octanol–water partition coefficient (Wildman–Crippen LogP) is 3.36. The van der Waals surface area contributed by atoms with E-state index in [1.807, 2.05) is 18.2 Å². The summed E-state index contributed by atoms with van der Waals surface area (Å²) >= 11 is 0. The minimum Gasteiger partial charge on any atom is -0.346 e. The van der Waals surface area contributed by atoms with Crippen LogP contribution in [0, 0.1) is 5.82 Å². The lowest BCUT2D eigenvalue weighted by molar-refractivity contribution is 0.0737. The third-order valence-electron chi connectivity index (χ3n) is 5.80. The normalized spacial score (nSPS) is 18.5. The Bertz CT molecular complexity index is 1230. The van der Waals surface area contributed by atoms with Crippen molar-refractivity contribution >= 4 is 17.4 Å². The standard InChI is InChI=1S/C23H21FN6O/c1-28(23(31)19-7-2-3-10-25-19)18-14-20(16-5-4-6-17(24)13-16)29(15-18)22-9-8-21-26-11-12-30(21)27-22/h2-13,18,20H,14-15H2,1H3/t18?,20-/m1/s1. The molecule has 1 fully saturated rings. The van der Waals surface area contributed by atoms with Gasteiger partial charge < -0.3 is 9.80 Å². The molecular formula is C23H21FN6O. The number of carbonyl (C=O) groups is 1. The van der Waals surface area contributed by atoms with E-state index >= 15 is 0 Å². The Morgan fingerprint density at radius 2 is 2.00 bits per heavy atom. The molecule has 1 amide bonds. The monoisotopic (exact) mass is 416 g/mol. The van der Waals surface area contributed by atoms with Gasteiger partial charge in [-0.25, -0.2) is 13.9 Å². The smallest absolute Gasteiger partial charge is 0.272 e. The Balaban J connectivity index is 1.49. The van der Waals surface area contributed by atoms with Gasteiger partial charge in [0.25, 0.3) is 5.91 Å². The van der Waals surface area contributed by atoms with Crippen LogP contribution in [0.5, 0.6) is 0 Å². The predicted molar refractivity (Wildman–Crippen MR) is 114 cm³/mol. The molecule has 0 N–H and O–H groups in total. The van der Waals surface area contributed by atoms with Gasteiger partial charge in [0.1, 0.15) is 17.3 Å². The first kappa shape index (κ1) is 19.2. The lowest BCUT2D eigenvalue weighted by Gasteiger charge is -2.26. The molecule has 4 aromatic rings. The molecule has 156 valence electrons. The summed E-state index contributed by atoms with van der Waals surface area (Å²) in [4.78, 5) is 25.3. The molecule has 5 rings (SSSR count). The number of fused-ring (bicyclic) bond motifs is 1. The number of pyridine rings is 1. The quantitative estimate of drug-likeness (QED) is 0.510. The zero-order valence-electron chi connectivity index (χ0n) is 17.0. The molecule has 3 aromatic heterocycles. The van der Waals surface area contributed by atoms with Gasteiger partial charge in [0, 0.05) is 32.2 Å². The molecule has 4 heterocycles. The fourth-order valence-corrected chi connectivity index (χ4v) is 4.17. The number of imidazole rings is 1. The van der Waals surface area contributed by atoms with Gasteiger partial charge in [-0.05, 0) is 48.4 Å². The van der Waals surface area contributed by atoms with Crippen LogP contribution in [0.3, 0.4) is 0 Å². The molecule has 1 aliphatic rings. The summed E-state index contributed by atoms with van der Waals surface area (Å²) in [6, 6.07) is 15.5. The van der Waals surface area contributed by atoms with Crippen LogP contribution in [0.25, 0.3) is 5.65 Å². The fraction of sp³-hybridized carbons (Fsp3) is 0.217. The molecule has 1 unspecified atom stereocenters. The van der Waals surface area contributed by atoms with Crippen molar-refractivity contribution in [2.45, 2.75) is 18.5 Å². The number of aromatic nitrogens is 4. The number of amides is 1. The average molecular weight is 416 g/mol. The summed E-state index contributed by atoms with van der Waals surface area (Å²) in [6.45, 7) is 0.573. The van der Waals surface area contributed by atoms with Crippen molar-refractivity contribution < 1.29 is 9.18 Å². The minimum atomic E-state index is -0.281. The fourth-order valence-electron chi connectivity index (χ4n) is 4.17. The largest absolute Gasteiger partial charge is 0.346 e. The topological polar surface area (TPSA) is 66.6 Å². The van der Waals surface area contributed by atoms with Crippen molar-refractivity contribution in [3.05, 3.63) is 90.3 Å². The Morgan fingerprint density at radius 1 is 1.10 bits per heavy atom. The summed E-state index contributed by atoms with van der Waals surface area (Å²) < 4.78 is 15.7. The molecule has 1 aromatic carbocycles. The molecule has 0 saturated carbocycles. The Kier molecular flexibility index (Phi) is 4.82. The van der Waals surface area contributed by atoms with Crippen molar-refractivity contribution in [2.75, 3.05) is 18.5 Å². The summed E-state index contributed by atoms with van der Waals surface area (Å²) in [7, 11) is 1.79. The number of likely N-dealkylation sites (N-methyl/N-ethyl adjacent to an activating group) is 1. The van der Waals surface area contributed by atoms with Crippen molar-refractivity contribution in [2.24, 2.45) is 0 Å². The summed E-state index contributed by atoms with van der Waals surface area (Å²) in [5.74, 6) is 0.334. The minimum absolute atomic E-state index is 0.0805. The first-order chi connectivity index (χ1) is 15.1. The Morgan fingerprint density at radius 3 is 2.81 bits per heavy atom. The van der Waals surface area contributed by atoms with Crippen LogP contribution < -0.4 is 4.90 Å². The second kappa shape index (κ2) is 7.79. The molecular weight excluding hydrogens is 395 g/mol. The van der Waals surface area contributed by atoms with Crippen LogP contribution in [0.15, 0.2) is 73.2 Å². The molecule has 0 radical (unpaired) electrons. The zero-order chi connectivity index (χ0) is 21.4. The van der Waals surface area contributed by atoms with Crippen LogP contribution in [-0.4, -0.2) is 50.0 Å². The number of hydrogen-bond donors (Lipinski definition) is 0. The summed E-state index contributed by atoms with van der Waals surface area (Å²) in [6.07, 6.45) is 5.76. The van der Waals surface area contributed by atoms with Gasteiger partial charge >= 0.3 is 0 Å². The summed E-state index contributed by atoms with van der Waals surface area (Å²) in [5.41, 5.74) is 2.02. The number of hydrogen-bond acceptors (Lipinski definition) is 5. The second-order valence-electron chi connectivity index (χ2n) is 7.67. The van der Waals surface area contributed by atoms with E-state index < -0.39 is 0 Å². The first-order valence-corrected chi connectivity index (χ1v) is 10.1. The van der Waals surface area contributed by atoms with Crippen molar-refractivity contribution in [1.82, 2.24) is 24.5 Å². The van der Waals surface area contributed by atoms with E-state index in [2.05, 4.69) is 20.0 Å². The number of halogens is 1. The van der Waals surface area contributed by atoms with E-state index in [4.69, 9.17) is 0 Å². The molecule has 1 saturated heterocycles. The van der Waals surface area contributed by atoms with E-state index in [0.29, 0.717) is 18.7 Å².